The zero-order valence-electron chi connectivity index (χ0n) is 19.7. The average molecular weight is 466 g/mol. The lowest BCUT2D eigenvalue weighted by Crippen LogP contribution is -2.39. The van der Waals surface area contributed by atoms with Crippen LogP contribution in [0.5, 0.6) is 0 Å². The number of aromatic nitrogens is 1. The highest BCUT2D eigenvalue weighted by molar-refractivity contribution is 5.99. The van der Waals surface area contributed by atoms with E-state index in [2.05, 4.69) is 22.2 Å². The molecule has 1 fully saturated rings. The van der Waals surface area contributed by atoms with Crippen LogP contribution in [0.1, 0.15) is 55.5 Å². The predicted molar refractivity (Wildman–Crippen MR) is 126 cm³/mol. The van der Waals surface area contributed by atoms with E-state index in [9.17, 15) is 18.0 Å². The molecule has 0 aromatic carbocycles. The van der Waals surface area contributed by atoms with E-state index < -0.39 is 17.6 Å². The number of hydrogen-bond acceptors (Lipinski definition) is 5. The average Bonchev–Trinajstić information content (AvgIpc) is 2.71. The molecule has 1 saturated carbocycles. The largest absolute Gasteiger partial charge is 0.417 e. The Morgan fingerprint density at radius 2 is 1.88 bits per heavy atom. The molecular formula is C24H34F3N5O. The lowest BCUT2D eigenvalue weighted by atomic mass is 9.86. The molecular weight excluding hydrogens is 431 g/mol. The normalized spacial score (nSPS) is 19.7. The van der Waals surface area contributed by atoms with Crippen molar-refractivity contribution in [2.24, 2.45) is 11.7 Å². The lowest BCUT2D eigenvalue weighted by Gasteiger charge is -2.30. The second kappa shape index (κ2) is 11.2. The first kappa shape index (κ1) is 26.3. The summed E-state index contributed by atoms with van der Waals surface area (Å²) >= 11 is 0. The van der Waals surface area contributed by atoms with Crippen molar-refractivity contribution in [2.45, 2.75) is 51.7 Å². The zero-order chi connectivity index (χ0) is 24.8. The minimum Gasteiger partial charge on any atom is -0.402 e. The number of carbonyl (C=O) groups is 1. The van der Waals surface area contributed by atoms with E-state index in [1.165, 1.54) is 4.90 Å². The molecule has 0 spiro atoms. The molecule has 182 valence electrons. The molecule has 0 aliphatic heterocycles. The molecule has 6 nitrogen and oxygen atoms in total. The Hall–Kier alpha value is -2.97. The highest BCUT2D eigenvalue weighted by atomic mass is 19.4. The summed E-state index contributed by atoms with van der Waals surface area (Å²) in [4.78, 5) is 18.2. The van der Waals surface area contributed by atoms with Gasteiger partial charge in [-0.05, 0) is 69.2 Å². The summed E-state index contributed by atoms with van der Waals surface area (Å²) in [5.41, 5.74) is 7.23. The van der Waals surface area contributed by atoms with Crippen LogP contribution in [0.4, 0.5) is 19.0 Å². The highest BCUT2D eigenvalue weighted by Crippen LogP contribution is 2.31. The second-order valence-electron chi connectivity index (χ2n) is 8.86. The Balaban J connectivity index is 1.92. The maximum Gasteiger partial charge on any atom is 0.417 e. The molecule has 1 amide bonds. The van der Waals surface area contributed by atoms with Crippen molar-refractivity contribution < 1.29 is 18.0 Å². The van der Waals surface area contributed by atoms with Crippen LogP contribution < -0.4 is 21.3 Å². The van der Waals surface area contributed by atoms with E-state index in [4.69, 9.17) is 5.73 Å². The van der Waals surface area contributed by atoms with Crippen LogP contribution >= 0.6 is 0 Å². The fourth-order valence-corrected chi connectivity index (χ4v) is 3.91. The Bertz CT molecular complexity index is 909. The van der Waals surface area contributed by atoms with Gasteiger partial charge in [0.1, 0.15) is 5.82 Å². The van der Waals surface area contributed by atoms with Gasteiger partial charge in [-0.2, -0.15) is 13.2 Å². The Kier molecular flexibility index (Phi) is 8.96. The number of amides is 1. The van der Waals surface area contributed by atoms with Gasteiger partial charge < -0.3 is 21.3 Å². The number of anilines is 1. The Labute approximate surface area is 193 Å². The third-order valence-electron chi connectivity index (χ3n) is 5.52. The number of nitrogens with two attached hydrogens (primary N) is 1. The fourth-order valence-electron chi connectivity index (χ4n) is 3.91. The number of nitrogens with one attached hydrogen (secondary N) is 2. The van der Waals surface area contributed by atoms with Gasteiger partial charge in [0.05, 0.1) is 11.1 Å². The van der Waals surface area contributed by atoms with Gasteiger partial charge in [-0.1, -0.05) is 6.58 Å². The van der Waals surface area contributed by atoms with Gasteiger partial charge in [0.15, 0.2) is 0 Å². The number of alkyl halides is 3. The predicted octanol–water partition coefficient (Wildman–Crippen LogP) is 4.37. The number of rotatable bonds is 8. The molecule has 1 aromatic heterocycles. The molecule has 0 atom stereocenters. The van der Waals surface area contributed by atoms with Gasteiger partial charge in [0.2, 0.25) is 0 Å². The number of carbonyl (C=O) groups excluding carboxylic acids is 1. The number of pyridine rings is 1. The molecule has 9 heteroatoms. The number of hydrogen-bond donors (Lipinski definition) is 3. The molecule has 0 saturated heterocycles. The molecule has 1 aliphatic rings. The summed E-state index contributed by atoms with van der Waals surface area (Å²) in [7, 11) is 3.28. The van der Waals surface area contributed by atoms with Gasteiger partial charge >= 0.3 is 6.18 Å². The molecule has 33 heavy (non-hydrogen) atoms. The summed E-state index contributed by atoms with van der Waals surface area (Å²) in [6.07, 6.45) is 3.33. The summed E-state index contributed by atoms with van der Waals surface area (Å²) in [5.74, 6) is 0.110. The van der Waals surface area contributed by atoms with Gasteiger partial charge in [0, 0.05) is 44.3 Å². The van der Waals surface area contributed by atoms with Crippen molar-refractivity contribution in [1.29, 1.82) is 0 Å². The third-order valence-corrected chi connectivity index (χ3v) is 5.52. The minimum absolute atomic E-state index is 0.0705. The van der Waals surface area contributed by atoms with Crippen LogP contribution in [-0.4, -0.2) is 37.6 Å². The third kappa shape index (κ3) is 8.14. The summed E-state index contributed by atoms with van der Waals surface area (Å²) in [5, 5.41) is 6.23. The maximum atomic E-state index is 13.1. The Morgan fingerprint density at radius 1 is 1.24 bits per heavy atom. The van der Waals surface area contributed by atoms with Crippen molar-refractivity contribution in [1.82, 2.24) is 15.6 Å². The van der Waals surface area contributed by atoms with E-state index in [1.54, 1.807) is 14.1 Å². The monoisotopic (exact) mass is 465 g/mol. The molecule has 1 aromatic rings. The highest BCUT2D eigenvalue weighted by Gasteiger charge is 2.33. The second-order valence-corrected chi connectivity index (χ2v) is 8.86. The molecule has 2 rings (SSSR count). The van der Waals surface area contributed by atoms with Crippen molar-refractivity contribution in [3.63, 3.8) is 0 Å². The first-order valence-electron chi connectivity index (χ1n) is 11.0. The minimum atomic E-state index is -4.56. The van der Waals surface area contributed by atoms with Gasteiger partial charge in [-0.3, -0.25) is 4.79 Å². The summed E-state index contributed by atoms with van der Waals surface area (Å²) in [6.45, 7) is 8.58. The van der Waals surface area contributed by atoms with E-state index in [1.807, 2.05) is 26.0 Å². The molecule has 0 radical (unpaired) electrons. The first-order chi connectivity index (χ1) is 15.4. The SMILES string of the molecule is C=C(/C=C(C)\C=C(\C)N)NCC1CCC(NC(=O)c2cc(C(F)(F)F)cnc2N(C)C)CC1. The smallest absolute Gasteiger partial charge is 0.402 e. The van der Waals surface area contributed by atoms with Crippen LogP contribution in [-0.2, 0) is 6.18 Å². The molecule has 0 bridgehead atoms. The molecule has 4 N–H and O–H groups in total. The number of nitrogens with zero attached hydrogens (tertiary/aromatic N) is 2. The number of halogens is 3. The van der Waals surface area contributed by atoms with Gasteiger partial charge in [0.25, 0.3) is 5.91 Å². The van der Waals surface area contributed by atoms with Crippen molar-refractivity contribution in [3.8, 4) is 0 Å². The van der Waals surface area contributed by atoms with Crippen molar-refractivity contribution >= 4 is 11.7 Å². The molecule has 1 heterocycles. The maximum absolute atomic E-state index is 13.1. The van der Waals surface area contributed by atoms with Crippen LogP contribution in [0.15, 0.2) is 48.0 Å². The summed E-state index contributed by atoms with van der Waals surface area (Å²) < 4.78 is 39.3. The topological polar surface area (TPSA) is 83.3 Å². The van der Waals surface area contributed by atoms with E-state index in [-0.39, 0.29) is 17.4 Å². The quantitative estimate of drug-likeness (QED) is 0.497. The zero-order valence-corrected chi connectivity index (χ0v) is 19.7. The van der Waals surface area contributed by atoms with Crippen LogP contribution in [0.25, 0.3) is 0 Å². The van der Waals surface area contributed by atoms with Crippen molar-refractivity contribution in [3.05, 3.63) is 59.1 Å². The van der Waals surface area contributed by atoms with Crippen molar-refractivity contribution in [2.75, 3.05) is 25.5 Å². The van der Waals surface area contributed by atoms with E-state index in [0.29, 0.717) is 5.92 Å². The lowest BCUT2D eigenvalue weighted by molar-refractivity contribution is -0.137. The Morgan fingerprint density at radius 3 is 2.42 bits per heavy atom. The van der Waals surface area contributed by atoms with Crippen LogP contribution in [0.3, 0.4) is 0 Å². The summed E-state index contributed by atoms with van der Waals surface area (Å²) in [6, 6.07) is 0.789. The number of allylic oxidation sites excluding steroid dienone is 4. The standard InChI is InChI=1S/C24H34F3N5O/c1-15(10-16(2)28)11-17(3)29-13-18-6-8-20(9-7-18)31-23(33)21-12-19(24(25,26)27)14-30-22(21)32(4)5/h10-12,14,18,20,29H,3,6-9,13,28H2,1-2,4-5H3,(H,31,33)/b15-11-,16-10-. The van der Waals surface area contributed by atoms with Gasteiger partial charge in [-0.15, -0.1) is 0 Å². The fraction of sp³-hybridized carbons (Fsp3) is 0.500. The molecule has 1 aliphatic carbocycles. The van der Waals surface area contributed by atoms with Crippen LogP contribution in [0, 0.1) is 5.92 Å². The van der Waals surface area contributed by atoms with Gasteiger partial charge in [-0.25, -0.2) is 4.98 Å². The van der Waals surface area contributed by atoms with E-state index >= 15 is 0 Å². The van der Waals surface area contributed by atoms with Crippen LogP contribution in [0.2, 0.25) is 0 Å². The van der Waals surface area contributed by atoms with E-state index in [0.717, 1.165) is 61.5 Å². The first-order valence-corrected chi connectivity index (χ1v) is 11.0. The molecule has 0 unspecified atom stereocenters.